The molecular weight excluding hydrogens is 769 g/mol. The summed E-state index contributed by atoms with van der Waals surface area (Å²) in [6.45, 7) is 9.30. The van der Waals surface area contributed by atoms with Gasteiger partial charge < -0.3 is 0 Å². The van der Waals surface area contributed by atoms with E-state index < -0.39 is 0 Å². The van der Waals surface area contributed by atoms with Crippen molar-refractivity contribution in [1.29, 1.82) is 0 Å². The van der Waals surface area contributed by atoms with Crippen LogP contribution in [-0.4, -0.2) is 0 Å². The molecule has 0 heterocycles. The molecule has 0 amide bonds. The number of fused-ring (bicyclic) bond motifs is 3. The number of benzene rings is 10. The largest absolute Gasteiger partial charge is 0.0622 e. The third-order valence-corrected chi connectivity index (χ3v) is 13.4. The van der Waals surface area contributed by atoms with Crippen LogP contribution in [0.15, 0.2) is 218 Å². The number of rotatable bonds is 9. The van der Waals surface area contributed by atoms with Gasteiger partial charge in [0.1, 0.15) is 0 Å². The summed E-state index contributed by atoms with van der Waals surface area (Å²) in [6, 6.07) is 81.3. The summed E-state index contributed by atoms with van der Waals surface area (Å²) in [5, 5.41) is 2.69. The van der Waals surface area contributed by atoms with Crippen molar-refractivity contribution in [3.05, 3.63) is 230 Å². The van der Waals surface area contributed by atoms with Crippen molar-refractivity contribution in [3.63, 3.8) is 0 Å². The third kappa shape index (κ3) is 7.06. The predicted octanol–water partition coefficient (Wildman–Crippen LogP) is 18.4. The maximum Gasteiger partial charge on any atom is -0.000753 e. The van der Waals surface area contributed by atoms with E-state index in [-0.39, 0.29) is 0 Å². The van der Waals surface area contributed by atoms with Crippen LogP contribution >= 0.6 is 0 Å². The molecule has 0 bridgehead atoms. The van der Waals surface area contributed by atoms with Crippen LogP contribution in [0.1, 0.15) is 50.7 Å². The molecule has 10 aromatic rings. The SMILES string of the molecule is CC(C)c1cc2c3c(cc(C(C)C)cc3c1)-c1c(-c3ccc(-c4cccc(-c5ccccc5)c4)cc3)c(-c3ccccc3)cc(-c3ccc(-c4cccc(-c5ccccc5)c4)cc3)c1-2. The molecule has 0 fully saturated rings. The molecule has 0 heteroatoms. The van der Waals surface area contributed by atoms with Gasteiger partial charge in [-0.05, 0) is 152 Å². The minimum atomic E-state index is 0.384. The second kappa shape index (κ2) is 16.3. The van der Waals surface area contributed by atoms with E-state index in [9.17, 15) is 0 Å². The molecule has 0 radical (unpaired) electrons. The first-order valence-electron chi connectivity index (χ1n) is 22.8. The standard InChI is InChI=1S/C64H50/c1-41(2)54-36-56-37-55(42(3)4)39-60-61(56)59(38-54)63-58(48-30-26-45(27-31-48)52-24-14-22-50(34-52)43-16-8-5-9-17-43)40-57(47-20-12-7-13-21-47)62(64(60)63)49-32-28-46(29-33-49)53-25-15-23-51(35-53)44-18-10-6-11-19-44/h5-42H,1-4H3. The first kappa shape index (κ1) is 39.3. The topological polar surface area (TPSA) is 0 Å². The van der Waals surface area contributed by atoms with E-state index in [2.05, 4.69) is 246 Å². The van der Waals surface area contributed by atoms with E-state index in [1.54, 1.807) is 0 Å². The van der Waals surface area contributed by atoms with Crippen LogP contribution in [0.4, 0.5) is 0 Å². The van der Waals surface area contributed by atoms with Crippen LogP contribution < -0.4 is 0 Å². The van der Waals surface area contributed by atoms with Crippen LogP contribution in [0, 0.1) is 0 Å². The van der Waals surface area contributed by atoms with Crippen molar-refractivity contribution in [2.75, 3.05) is 0 Å². The molecule has 1 aliphatic carbocycles. The van der Waals surface area contributed by atoms with Crippen LogP contribution in [0.25, 0.3) is 111 Å². The molecule has 1 aliphatic rings. The Labute approximate surface area is 378 Å². The van der Waals surface area contributed by atoms with Crippen LogP contribution in [0.3, 0.4) is 0 Å². The zero-order valence-electron chi connectivity index (χ0n) is 36.9. The third-order valence-electron chi connectivity index (χ3n) is 13.4. The van der Waals surface area contributed by atoms with Crippen LogP contribution in [0.2, 0.25) is 0 Å². The van der Waals surface area contributed by atoms with Gasteiger partial charge in [-0.25, -0.2) is 0 Å². The monoisotopic (exact) mass is 818 g/mol. The average Bonchev–Trinajstić information content (AvgIpc) is 3.69. The molecule has 0 aliphatic heterocycles. The summed E-state index contributed by atoms with van der Waals surface area (Å²) in [6.07, 6.45) is 0. The molecule has 0 atom stereocenters. The fourth-order valence-electron chi connectivity index (χ4n) is 9.92. The van der Waals surface area contributed by atoms with Crippen molar-refractivity contribution >= 4 is 10.8 Å². The lowest BCUT2D eigenvalue weighted by atomic mass is 9.81. The summed E-state index contributed by atoms with van der Waals surface area (Å²) in [4.78, 5) is 0. The van der Waals surface area contributed by atoms with Gasteiger partial charge in [0.05, 0.1) is 0 Å². The Hall–Kier alpha value is -7.54. The van der Waals surface area contributed by atoms with E-state index in [1.807, 2.05) is 0 Å². The molecule has 0 saturated carbocycles. The van der Waals surface area contributed by atoms with E-state index in [0.717, 1.165) is 0 Å². The van der Waals surface area contributed by atoms with Crippen molar-refractivity contribution in [3.8, 4) is 100 Å². The Kier molecular flexibility index (Phi) is 10.0. The lowest BCUT2D eigenvalue weighted by Gasteiger charge is -2.21. The molecule has 0 spiro atoms. The molecule has 10 aromatic carbocycles. The van der Waals surface area contributed by atoms with E-state index in [0.29, 0.717) is 11.8 Å². The Morgan fingerprint density at radius 1 is 0.234 bits per heavy atom. The van der Waals surface area contributed by atoms with Gasteiger partial charge in [0.2, 0.25) is 0 Å². The summed E-state index contributed by atoms with van der Waals surface area (Å²) in [7, 11) is 0. The van der Waals surface area contributed by atoms with Gasteiger partial charge in [-0.3, -0.25) is 0 Å². The maximum absolute atomic E-state index is 2.51. The Morgan fingerprint density at radius 3 is 1.03 bits per heavy atom. The molecule has 0 aromatic heterocycles. The molecule has 0 N–H and O–H groups in total. The van der Waals surface area contributed by atoms with Gasteiger partial charge >= 0.3 is 0 Å². The molecule has 0 unspecified atom stereocenters. The normalized spacial score (nSPS) is 11.7. The smallest absolute Gasteiger partial charge is 0.000753 e. The Morgan fingerprint density at radius 2 is 0.578 bits per heavy atom. The lowest BCUT2D eigenvalue weighted by Crippen LogP contribution is -1.95. The second-order valence-electron chi connectivity index (χ2n) is 18.1. The summed E-state index contributed by atoms with van der Waals surface area (Å²) in [5.41, 5.74) is 25.3. The van der Waals surface area contributed by atoms with Gasteiger partial charge in [0, 0.05) is 0 Å². The Balaban J connectivity index is 1.14. The molecule has 0 nitrogen and oxygen atoms in total. The number of hydrogen-bond donors (Lipinski definition) is 0. The minimum Gasteiger partial charge on any atom is -0.0622 e. The fraction of sp³-hybridized carbons (Fsp3) is 0.0938. The highest BCUT2D eigenvalue weighted by molar-refractivity contribution is 6.23. The molecule has 0 saturated heterocycles. The van der Waals surface area contributed by atoms with Crippen molar-refractivity contribution in [1.82, 2.24) is 0 Å². The van der Waals surface area contributed by atoms with Crippen LogP contribution in [-0.2, 0) is 0 Å². The summed E-state index contributed by atoms with van der Waals surface area (Å²) >= 11 is 0. The zero-order chi connectivity index (χ0) is 43.3. The van der Waals surface area contributed by atoms with Gasteiger partial charge in [-0.15, -0.1) is 0 Å². The van der Waals surface area contributed by atoms with Crippen molar-refractivity contribution in [2.24, 2.45) is 0 Å². The highest BCUT2D eigenvalue weighted by atomic mass is 14.3. The van der Waals surface area contributed by atoms with Gasteiger partial charge in [-0.2, -0.15) is 0 Å². The average molecular weight is 819 g/mol. The highest BCUT2D eigenvalue weighted by Crippen LogP contribution is 2.58. The molecule has 64 heavy (non-hydrogen) atoms. The quantitative estimate of drug-likeness (QED) is 0.136. The first-order valence-corrected chi connectivity index (χ1v) is 22.8. The second-order valence-corrected chi connectivity index (χ2v) is 18.1. The van der Waals surface area contributed by atoms with E-state index in [1.165, 1.54) is 122 Å². The van der Waals surface area contributed by atoms with E-state index >= 15 is 0 Å². The molecule has 11 rings (SSSR count). The lowest BCUT2D eigenvalue weighted by molar-refractivity contribution is 0.865. The van der Waals surface area contributed by atoms with Gasteiger partial charge in [-0.1, -0.05) is 228 Å². The van der Waals surface area contributed by atoms with Gasteiger partial charge in [0.15, 0.2) is 0 Å². The number of hydrogen-bond acceptors (Lipinski definition) is 0. The summed E-state index contributed by atoms with van der Waals surface area (Å²) < 4.78 is 0. The maximum atomic E-state index is 2.51. The molecule has 306 valence electrons. The fourth-order valence-corrected chi connectivity index (χ4v) is 9.92. The highest BCUT2D eigenvalue weighted by Gasteiger charge is 2.32. The predicted molar refractivity (Wildman–Crippen MR) is 275 cm³/mol. The first-order chi connectivity index (χ1) is 31.4. The van der Waals surface area contributed by atoms with Gasteiger partial charge in [0.25, 0.3) is 0 Å². The summed E-state index contributed by atoms with van der Waals surface area (Å²) in [5.74, 6) is 0.774. The van der Waals surface area contributed by atoms with Crippen molar-refractivity contribution in [2.45, 2.75) is 39.5 Å². The zero-order valence-corrected chi connectivity index (χ0v) is 36.9. The van der Waals surface area contributed by atoms with Crippen LogP contribution in [0.5, 0.6) is 0 Å². The minimum absolute atomic E-state index is 0.384. The van der Waals surface area contributed by atoms with E-state index in [4.69, 9.17) is 0 Å². The van der Waals surface area contributed by atoms with Crippen molar-refractivity contribution < 1.29 is 0 Å². The molecular formula is C64H50. The Bertz CT molecular complexity index is 3310.